The lowest BCUT2D eigenvalue weighted by atomic mass is 10.0. The van der Waals surface area contributed by atoms with E-state index in [4.69, 9.17) is 4.74 Å². The summed E-state index contributed by atoms with van der Waals surface area (Å²) in [5, 5.41) is 3.05. The van der Waals surface area contributed by atoms with E-state index in [0.717, 1.165) is 35.4 Å². The molecule has 0 bridgehead atoms. The van der Waals surface area contributed by atoms with Gasteiger partial charge >= 0.3 is 5.69 Å². The van der Waals surface area contributed by atoms with Gasteiger partial charge in [-0.15, -0.1) is 0 Å². The second-order valence-electron chi connectivity index (χ2n) is 7.76. The molecule has 1 fully saturated rings. The van der Waals surface area contributed by atoms with Crippen molar-refractivity contribution in [2.75, 3.05) is 26.7 Å². The van der Waals surface area contributed by atoms with Crippen LogP contribution in [0.1, 0.15) is 24.4 Å². The highest BCUT2D eigenvalue weighted by Gasteiger charge is 2.24. The number of likely N-dealkylation sites (tertiary alicyclic amines) is 1. The van der Waals surface area contributed by atoms with Crippen molar-refractivity contribution in [3.8, 4) is 5.75 Å². The van der Waals surface area contributed by atoms with Crippen LogP contribution in [0.5, 0.6) is 5.75 Å². The van der Waals surface area contributed by atoms with Crippen molar-refractivity contribution in [2.45, 2.75) is 25.4 Å². The van der Waals surface area contributed by atoms with Gasteiger partial charge < -0.3 is 10.1 Å². The van der Waals surface area contributed by atoms with Gasteiger partial charge in [0.1, 0.15) is 12.3 Å². The van der Waals surface area contributed by atoms with Gasteiger partial charge in [-0.2, -0.15) is 0 Å². The van der Waals surface area contributed by atoms with Gasteiger partial charge in [-0.3, -0.25) is 18.8 Å². The zero-order valence-electron chi connectivity index (χ0n) is 17.5. The molecule has 7 heteroatoms. The fourth-order valence-corrected chi connectivity index (χ4v) is 4.29. The number of fused-ring (bicyclic) bond motifs is 1. The molecule has 0 saturated carbocycles. The third-order valence-corrected chi connectivity index (χ3v) is 5.91. The van der Waals surface area contributed by atoms with Crippen molar-refractivity contribution in [2.24, 2.45) is 7.05 Å². The minimum absolute atomic E-state index is 0.00498. The fraction of sp³-hybridized carbons (Fsp3) is 0.391. The van der Waals surface area contributed by atoms with E-state index in [-0.39, 0.29) is 24.2 Å². The van der Waals surface area contributed by atoms with E-state index in [0.29, 0.717) is 6.54 Å². The highest BCUT2D eigenvalue weighted by atomic mass is 16.5. The van der Waals surface area contributed by atoms with Gasteiger partial charge in [0.05, 0.1) is 24.2 Å². The number of nitrogens with zero attached hydrogens (tertiary/aromatic N) is 3. The molecule has 1 aliphatic heterocycles. The number of methoxy groups -OCH3 is 1. The first-order valence-electron chi connectivity index (χ1n) is 10.4. The molecule has 2 heterocycles. The van der Waals surface area contributed by atoms with Crippen LogP contribution in [0.4, 0.5) is 0 Å². The van der Waals surface area contributed by atoms with E-state index in [2.05, 4.69) is 16.3 Å². The standard InChI is InChI=1S/C23H28N4O3/c1-25-19-10-3-4-11-20(19)27(23(25)29)16-22(28)24-15-21(26-12-5-6-13-26)17-8-7-9-18(14-17)30-2/h3-4,7-11,14,21H,5-6,12-13,15-16H2,1-2H3,(H,24,28)/t21-/m0/s1. The molecule has 1 atom stereocenters. The Morgan fingerprint density at radius 2 is 1.83 bits per heavy atom. The Hall–Kier alpha value is -3.06. The minimum Gasteiger partial charge on any atom is -0.497 e. The number of carbonyl (C=O) groups excluding carboxylic acids is 1. The SMILES string of the molecule is COc1cccc([C@H](CNC(=O)Cn2c(=O)n(C)c3ccccc32)N2CCCC2)c1. The molecule has 3 aromatic rings. The third kappa shape index (κ3) is 3.98. The molecular weight excluding hydrogens is 380 g/mol. The van der Waals surface area contributed by atoms with Crippen molar-refractivity contribution in [1.29, 1.82) is 0 Å². The Kier molecular flexibility index (Phi) is 5.90. The minimum atomic E-state index is -0.185. The quantitative estimate of drug-likeness (QED) is 0.651. The molecule has 1 N–H and O–H groups in total. The molecule has 1 aliphatic rings. The summed E-state index contributed by atoms with van der Waals surface area (Å²) in [6.45, 7) is 2.53. The average molecular weight is 409 g/mol. The zero-order valence-corrected chi connectivity index (χ0v) is 17.5. The summed E-state index contributed by atoms with van der Waals surface area (Å²) in [6.07, 6.45) is 2.33. The number of imidazole rings is 1. The van der Waals surface area contributed by atoms with Gasteiger partial charge in [0.15, 0.2) is 0 Å². The van der Waals surface area contributed by atoms with Gasteiger partial charge in [-0.1, -0.05) is 24.3 Å². The number of aryl methyl sites for hydroxylation is 1. The molecule has 158 valence electrons. The Balaban J connectivity index is 1.51. The predicted octanol–water partition coefficient (Wildman–Crippen LogP) is 2.30. The van der Waals surface area contributed by atoms with Crippen molar-refractivity contribution < 1.29 is 9.53 Å². The Morgan fingerprint density at radius 1 is 1.10 bits per heavy atom. The van der Waals surface area contributed by atoms with E-state index in [1.807, 2.05) is 42.5 Å². The van der Waals surface area contributed by atoms with E-state index in [9.17, 15) is 9.59 Å². The summed E-state index contributed by atoms with van der Waals surface area (Å²) in [7, 11) is 3.39. The summed E-state index contributed by atoms with van der Waals surface area (Å²) >= 11 is 0. The van der Waals surface area contributed by atoms with Crippen molar-refractivity contribution in [1.82, 2.24) is 19.4 Å². The number of para-hydroxylation sites is 2. The predicted molar refractivity (Wildman–Crippen MR) is 117 cm³/mol. The van der Waals surface area contributed by atoms with E-state index >= 15 is 0 Å². The van der Waals surface area contributed by atoms with E-state index in [1.165, 1.54) is 17.4 Å². The van der Waals surface area contributed by atoms with E-state index < -0.39 is 0 Å². The molecule has 7 nitrogen and oxygen atoms in total. The topological polar surface area (TPSA) is 68.5 Å². The Bertz CT molecular complexity index is 1100. The number of carbonyl (C=O) groups is 1. The smallest absolute Gasteiger partial charge is 0.329 e. The number of hydrogen-bond acceptors (Lipinski definition) is 4. The maximum absolute atomic E-state index is 12.8. The van der Waals surface area contributed by atoms with Crippen molar-refractivity contribution in [3.63, 3.8) is 0 Å². The van der Waals surface area contributed by atoms with Crippen molar-refractivity contribution >= 4 is 16.9 Å². The molecule has 2 aromatic carbocycles. The first kappa shape index (κ1) is 20.2. The highest BCUT2D eigenvalue weighted by Crippen LogP contribution is 2.27. The molecule has 1 saturated heterocycles. The van der Waals surface area contributed by atoms with Crippen LogP contribution in [-0.2, 0) is 18.4 Å². The van der Waals surface area contributed by atoms with Crippen LogP contribution in [0, 0.1) is 0 Å². The molecule has 0 aliphatic carbocycles. The molecular formula is C23H28N4O3. The van der Waals surface area contributed by atoms with Crippen LogP contribution in [-0.4, -0.2) is 46.7 Å². The second kappa shape index (κ2) is 8.75. The monoisotopic (exact) mass is 408 g/mol. The number of rotatable bonds is 7. The molecule has 30 heavy (non-hydrogen) atoms. The Labute approximate surface area is 175 Å². The Morgan fingerprint density at radius 3 is 2.57 bits per heavy atom. The molecule has 4 rings (SSSR count). The number of amides is 1. The number of benzene rings is 2. The number of nitrogens with one attached hydrogen (secondary N) is 1. The maximum atomic E-state index is 12.8. The third-order valence-electron chi connectivity index (χ3n) is 5.91. The van der Waals surface area contributed by atoms with Crippen LogP contribution in [0.15, 0.2) is 53.3 Å². The van der Waals surface area contributed by atoms with Crippen LogP contribution in [0.3, 0.4) is 0 Å². The first-order valence-corrected chi connectivity index (χ1v) is 10.4. The lowest BCUT2D eigenvalue weighted by Crippen LogP contribution is -2.39. The fourth-order valence-electron chi connectivity index (χ4n) is 4.29. The summed E-state index contributed by atoms with van der Waals surface area (Å²) in [5.41, 5.74) is 2.53. The van der Waals surface area contributed by atoms with Crippen molar-refractivity contribution in [3.05, 3.63) is 64.6 Å². The number of aromatic nitrogens is 2. The van der Waals surface area contributed by atoms with E-state index in [1.54, 1.807) is 18.7 Å². The largest absolute Gasteiger partial charge is 0.497 e. The molecule has 0 spiro atoms. The van der Waals surface area contributed by atoms with Gasteiger partial charge in [0.2, 0.25) is 5.91 Å². The highest BCUT2D eigenvalue weighted by molar-refractivity contribution is 5.80. The number of ether oxygens (including phenoxy) is 1. The first-order chi connectivity index (χ1) is 14.6. The summed E-state index contributed by atoms with van der Waals surface area (Å²) in [4.78, 5) is 27.8. The van der Waals surface area contributed by atoms with Gasteiger partial charge in [-0.05, 0) is 55.8 Å². The lowest BCUT2D eigenvalue weighted by molar-refractivity contribution is -0.121. The van der Waals surface area contributed by atoms with Gasteiger partial charge in [-0.25, -0.2) is 4.79 Å². The molecule has 1 aromatic heterocycles. The number of hydrogen-bond donors (Lipinski definition) is 1. The zero-order chi connectivity index (χ0) is 21.1. The van der Waals surface area contributed by atoms with Crippen LogP contribution >= 0.6 is 0 Å². The lowest BCUT2D eigenvalue weighted by Gasteiger charge is -2.28. The summed E-state index contributed by atoms with van der Waals surface area (Å²) < 4.78 is 8.49. The maximum Gasteiger partial charge on any atom is 0.329 e. The van der Waals surface area contributed by atoms with Gasteiger partial charge in [0, 0.05) is 13.6 Å². The van der Waals surface area contributed by atoms with Crippen LogP contribution in [0.25, 0.3) is 11.0 Å². The second-order valence-corrected chi connectivity index (χ2v) is 7.76. The molecule has 1 amide bonds. The van der Waals surface area contributed by atoms with Crippen LogP contribution in [0.2, 0.25) is 0 Å². The van der Waals surface area contributed by atoms with Gasteiger partial charge in [0.25, 0.3) is 0 Å². The van der Waals surface area contributed by atoms with Crippen LogP contribution < -0.4 is 15.7 Å². The molecule has 0 unspecified atom stereocenters. The summed E-state index contributed by atoms with van der Waals surface area (Å²) in [6, 6.07) is 15.6. The molecule has 0 radical (unpaired) electrons. The average Bonchev–Trinajstić information content (AvgIpc) is 3.38. The summed E-state index contributed by atoms with van der Waals surface area (Å²) in [5.74, 6) is 0.644. The normalized spacial score (nSPS) is 15.4.